The van der Waals surface area contributed by atoms with Crippen LogP contribution in [0.4, 0.5) is 22.7 Å². The average Bonchev–Trinajstić information content (AvgIpc) is 3.13. The maximum absolute atomic E-state index is 11.7. The van der Waals surface area contributed by atoms with Crippen molar-refractivity contribution in [3.8, 4) is 33.9 Å². The predicted octanol–water partition coefficient (Wildman–Crippen LogP) is -10.7. The van der Waals surface area contributed by atoms with Crippen molar-refractivity contribution in [2.75, 3.05) is 82.3 Å². The number of aliphatic carboxylic acids is 4. The Hall–Kier alpha value is -2.46. The first-order chi connectivity index (χ1) is 27.0. The number of fused-ring (bicyclic) bond motifs is 2. The molecule has 21 heteroatoms. The van der Waals surface area contributed by atoms with Gasteiger partial charge in [0.15, 0.2) is 0 Å². The summed E-state index contributed by atoms with van der Waals surface area (Å²) in [6.45, 7) is -4.23. The van der Waals surface area contributed by atoms with Crippen molar-refractivity contribution in [3.05, 3.63) is 88.3 Å². The Kier molecular flexibility index (Phi) is 21.8. The van der Waals surface area contributed by atoms with Crippen LogP contribution in [-0.4, -0.2) is 96.4 Å². The minimum atomic E-state index is -1.64. The van der Waals surface area contributed by atoms with Gasteiger partial charge < -0.3 is 68.2 Å². The molecule has 0 fully saturated rings. The fourth-order valence-corrected chi connectivity index (χ4v) is 6.15. The third-order valence-corrected chi connectivity index (χ3v) is 8.68. The van der Waals surface area contributed by atoms with E-state index >= 15 is 0 Å². The molecule has 0 unspecified atom stereocenters. The van der Waals surface area contributed by atoms with E-state index < -0.39 is 60.7 Å². The first-order valence-electron chi connectivity index (χ1n) is 17.2. The van der Waals surface area contributed by atoms with Gasteiger partial charge in [0.25, 0.3) is 5.69 Å². The summed E-state index contributed by atoms with van der Waals surface area (Å²) in [4.78, 5) is 60.9. The molecule has 0 saturated carbocycles. The zero-order valence-corrected chi connectivity index (χ0v) is 43.6. The maximum atomic E-state index is 11.7. The summed E-state index contributed by atoms with van der Waals surface area (Å²) in [5.74, 6) is -6.16. The Bertz CT molecular complexity index is 2390. The van der Waals surface area contributed by atoms with Gasteiger partial charge in [-0.2, -0.15) is 0 Å². The number of hydrogen-bond acceptors (Lipinski definition) is 16. The van der Waals surface area contributed by atoms with E-state index in [-0.39, 0.29) is 190 Å². The minimum Gasteiger partial charge on any atom is -0.548 e. The molecule has 0 spiro atoms. The Morgan fingerprint density at radius 1 is 0.667 bits per heavy atom. The van der Waals surface area contributed by atoms with E-state index in [9.17, 15) is 49.7 Å². The molecule has 3 aromatic rings. The second-order valence-corrected chi connectivity index (χ2v) is 13.1. The number of nitro benzene ring substituents is 1. The van der Waals surface area contributed by atoms with Crippen LogP contribution in [0.2, 0.25) is 0 Å². The fraction of sp³-hybridized carbons (Fsp3) is 0.256. The van der Waals surface area contributed by atoms with Crippen LogP contribution in [0.3, 0.4) is 0 Å². The molecule has 0 aromatic heterocycles. The summed E-state index contributed by atoms with van der Waals surface area (Å²) < 4.78 is 20.2. The summed E-state index contributed by atoms with van der Waals surface area (Å²) in [5.41, 5.74) is 2.87. The maximum Gasteiger partial charge on any atom is 1.00 e. The zero-order chi connectivity index (χ0) is 41.6. The number of hydrogen-bond donors (Lipinski definition) is 0. The van der Waals surface area contributed by atoms with Crippen LogP contribution in [0.5, 0.6) is 11.5 Å². The van der Waals surface area contributed by atoms with Gasteiger partial charge in [-0.3, -0.25) is 10.1 Å². The van der Waals surface area contributed by atoms with E-state index in [4.69, 9.17) is 13.9 Å². The number of ether oxygens (including phenoxy) is 2. The SMILES string of the molecule is CN(C)c1ccc2c(-c3ccc(N(CC(=O)[O-])CC(=O)[O-])c(OCCOc4cc([N+](=O)[O-])ccc4N(CC(=O)[O-])CC(=O)[O-])c3)c3ccc(=[N+](C)C)cc-3oc2c1.[K+].[K+].[K+]. The Labute approximate surface area is 471 Å². The number of nitro groups is 1. The van der Waals surface area contributed by atoms with Gasteiger partial charge in [0.1, 0.15) is 50.2 Å². The third kappa shape index (κ3) is 14.0. The van der Waals surface area contributed by atoms with Crippen LogP contribution in [0.1, 0.15) is 0 Å². The van der Waals surface area contributed by atoms with Crippen molar-refractivity contribution < 1.29 is 213 Å². The Morgan fingerprint density at radius 3 is 1.67 bits per heavy atom. The summed E-state index contributed by atoms with van der Waals surface area (Å²) in [6, 6.07) is 19.2. The molecule has 0 amide bonds. The van der Waals surface area contributed by atoms with Crippen LogP contribution >= 0.6 is 0 Å². The minimum absolute atomic E-state index is 0. The topological polar surface area (TPSA) is 248 Å². The molecule has 1 aliphatic heterocycles. The van der Waals surface area contributed by atoms with Gasteiger partial charge in [-0.05, 0) is 42.0 Å². The van der Waals surface area contributed by atoms with Crippen LogP contribution in [-0.2, 0) is 19.2 Å². The van der Waals surface area contributed by atoms with E-state index in [1.807, 2.05) is 74.1 Å². The van der Waals surface area contributed by atoms with E-state index in [0.717, 1.165) is 39.0 Å². The standard InChI is InChI=1S/C39H39N5O13.3K/c1-40(2)24-6-9-27-31(16-24)57-32-17-25(41(3)4)7-10-28(32)39(27)23-5-11-29(42(19-35(45)46)20-36(47)48)33(15-23)55-13-14-56-34-18-26(44(53)54)8-12-30(34)43(21-37(49)50)22-38(51)52;;;/h5-12,15-18H,13-14,19-22H2,1-4H3,(H3-,45,46,47,48,49,50,51,52);;;/q;3*+1/p-3. The van der Waals surface area contributed by atoms with Crippen molar-refractivity contribution >= 4 is 57.6 Å². The number of non-ortho nitro benzene ring substituents is 1. The number of carbonyl (C=O) groups excluding carboxylic acids is 4. The van der Waals surface area contributed by atoms with E-state index in [2.05, 4.69) is 0 Å². The van der Waals surface area contributed by atoms with Gasteiger partial charge in [0.2, 0.25) is 5.36 Å². The molecule has 0 radical (unpaired) electrons. The summed E-state index contributed by atoms with van der Waals surface area (Å²) in [7, 11) is 7.56. The number of rotatable bonds is 18. The predicted molar refractivity (Wildman–Crippen MR) is 198 cm³/mol. The van der Waals surface area contributed by atoms with Crippen LogP contribution in [0.15, 0.2) is 77.2 Å². The van der Waals surface area contributed by atoms with Gasteiger partial charge >= 0.3 is 154 Å². The van der Waals surface area contributed by atoms with Crippen molar-refractivity contribution in [2.45, 2.75) is 0 Å². The second-order valence-electron chi connectivity index (χ2n) is 13.1. The van der Waals surface area contributed by atoms with Crippen LogP contribution in [0.25, 0.3) is 33.4 Å². The van der Waals surface area contributed by atoms with Gasteiger partial charge in [-0.15, -0.1) is 0 Å². The summed E-state index contributed by atoms with van der Waals surface area (Å²) in [6.07, 6.45) is 0. The van der Waals surface area contributed by atoms with E-state index in [1.54, 1.807) is 12.1 Å². The smallest absolute Gasteiger partial charge is 0.548 e. The van der Waals surface area contributed by atoms with Crippen LogP contribution in [0, 0.1) is 10.1 Å². The third-order valence-electron chi connectivity index (χ3n) is 8.68. The Morgan fingerprint density at radius 2 is 1.18 bits per heavy atom. The molecule has 0 atom stereocenters. The number of anilines is 3. The normalized spacial score (nSPS) is 10.3. The number of carboxylic acid groups (broad SMARTS) is 4. The molecule has 18 nitrogen and oxygen atoms in total. The molecule has 1 heterocycles. The van der Waals surface area contributed by atoms with Gasteiger partial charge in [-0.1, -0.05) is 6.07 Å². The molecular weight excluding hydrogens is 864 g/mol. The molecule has 0 N–H and O–H groups in total. The largest absolute Gasteiger partial charge is 1.00 e. The van der Waals surface area contributed by atoms with Gasteiger partial charge in [0, 0.05) is 54.5 Å². The first-order valence-corrected chi connectivity index (χ1v) is 17.2. The van der Waals surface area contributed by atoms with Crippen molar-refractivity contribution in [1.82, 2.24) is 4.58 Å². The summed E-state index contributed by atoms with van der Waals surface area (Å²) >= 11 is 0. The average molecular weight is 900 g/mol. The molecular formula is C39H36K3N5O13. The van der Waals surface area contributed by atoms with Gasteiger partial charge in [0.05, 0.1) is 78.5 Å². The molecule has 5 rings (SSSR count). The van der Waals surface area contributed by atoms with Crippen molar-refractivity contribution in [1.29, 1.82) is 0 Å². The quantitative estimate of drug-likeness (QED) is 0.0198. The molecule has 0 bridgehead atoms. The number of carboxylic acids is 4. The fourth-order valence-electron chi connectivity index (χ4n) is 6.15. The molecule has 0 saturated heterocycles. The summed E-state index contributed by atoms with van der Waals surface area (Å²) in [5, 5.41) is 59.5. The molecule has 60 heavy (non-hydrogen) atoms. The second kappa shape index (κ2) is 24.4. The number of benzene rings is 4. The van der Waals surface area contributed by atoms with Crippen molar-refractivity contribution in [2.24, 2.45) is 0 Å². The zero-order valence-electron chi connectivity index (χ0n) is 34.2. The monoisotopic (exact) mass is 899 g/mol. The molecule has 1 aliphatic carbocycles. The van der Waals surface area contributed by atoms with E-state index in [1.165, 1.54) is 6.07 Å². The van der Waals surface area contributed by atoms with Crippen LogP contribution < -0.4 is 209 Å². The number of carbonyl (C=O) groups is 4. The number of nitrogens with zero attached hydrogens (tertiary/aromatic N) is 5. The van der Waals surface area contributed by atoms with Crippen molar-refractivity contribution in [3.63, 3.8) is 0 Å². The molecule has 2 aliphatic rings. The Balaban J connectivity index is 0.00000413. The van der Waals surface area contributed by atoms with Gasteiger partial charge in [-0.25, -0.2) is 4.58 Å². The first kappa shape index (κ1) is 53.7. The molecule has 298 valence electrons. The molecule has 3 aromatic carbocycles. The van der Waals surface area contributed by atoms with E-state index in [0.29, 0.717) is 33.4 Å².